The monoisotopic (exact) mass is 283 g/mol. The number of benzene rings is 2. The Kier molecular flexibility index (Phi) is 5.21. The van der Waals surface area contributed by atoms with Gasteiger partial charge in [-0.15, -0.1) is 0 Å². The van der Waals surface area contributed by atoms with Crippen LogP contribution in [0.2, 0.25) is 0 Å². The average molecular weight is 283 g/mol. The highest BCUT2D eigenvalue weighted by Gasteiger charge is 2.14. The third-order valence-corrected chi connectivity index (χ3v) is 3.21. The van der Waals surface area contributed by atoms with Crippen molar-refractivity contribution in [3.8, 4) is 0 Å². The molecule has 0 saturated heterocycles. The summed E-state index contributed by atoms with van der Waals surface area (Å²) in [7, 11) is 0. The maximum absolute atomic E-state index is 12.5. The summed E-state index contributed by atoms with van der Waals surface area (Å²) >= 11 is 0. The first-order chi connectivity index (χ1) is 10.2. The number of para-hydroxylation sites is 1. The Labute approximate surface area is 125 Å². The van der Waals surface area contributed by atoms with Gasteiger partial charge in [0.1, 0.15) is 0 Å². The predicted molar refractivity (Wildman–Crippen MR) is 88.6 cm³/mol. The Morgan fingerprint density at radius 3 is 2.38 bits per heavy atom. The number of hydrogen-bond acceptors (Lipinski definition) is 2. The fourth-order valence-corrected chi connectivity index (χ4v) is 2.03. The van der Waals surface area contributed by atoms with Gasteiger partial charge in [-0.3, -0.25) is 4.90 Å². The van der Waals surface area contributed by atoms with E-state index in [0.717, 1.165) is 24.2 Å². The molecule has 21 heavy (non-hydrogen) atoms. The van der Waals surface area contributed by atoms with Crippen molar-refractivity contribution < 1.29 is 4.79 Å². The molecular formula is C17H21N3O. The van der Waals surface area contributed by atoms with Gasteiger partial charge in [0.2, 0.25) is 0 Å². The van der Waals surface area contributed by atoms with Gasteiger partial charge < -0.3 is 11.1 Å². The fraction of sp³-hybridized carbons (Fsp3) is 0.235. The second-order valence-corrected chi connectivity index (χ2v) is 4.89. The summed E-state index contributed by atoms with van der Waals surface area (Å²) in [4.78, 5) is 14.3. The highest BCUT2D eigenvalue weighted by Crippen LogP contribution is 2.17. The van der Waals surface area contributed by atoms with E-state index in [4.69, 9.17) is 5.73 Å². The molecule has 0 aliphatic carbocycles. The molecule has 2 amide bonds. The SMILES string of the molecule is CCCCN(C(=O)Nc1ccc(N)cc1)c1ccccc1. The van der Waals surface area contributed by atoms with Crippen LogP contribution in [-0.4, -0.2) is 12.6 Å². The number of nitrogens with two attached hydrogens (primary N) is 1. The quantitative estimate of drug-likeness (QED) is 0.811. The molecule has 110 valence electrons. The van der Waals surface area contributed by atoms with Gasteiger partial charge in [-0.25, -0.2) is 4.79 Å². The van der Waals surface area contributed by atoms with Crippen molar-refractivity contribution in [2.75, 3.05) is 22.5 Å². The van der Waals surface area contributed by atoms with Gasteiger partial charge in [0.05, 0.1) is 0 Å². The summed E-state index contributed by atoms with van der Waals surface area (Å²) in [6.45, 7) is 2.81. The molecule has 0 heterocycles. The van der Waals surface area contributed by atoms with Crippen LogP contribution in [0.3, 0.4) is 0 Å². The highest BCUT2D eigenvalue weighted by molar-refractivity contribution is 6.01. The topological polar surface area (TPSA) is 58.4 Å². The Morgan fingerprint density at radius 1 is 1.10 bits per heavy atom. The lowest BCUT2D eigenvalue weighted by Gasteiger charge is -2.23. The molecule has 2 aromatic carbocycles. The normalized spacial score (nSPS) is 10.1. The van der Waals surface area contributed by atoms with Crippen molar-refractivity contribution in [3.63, 3.8) is 0 Å². The molecule has 0 spiro atoms. The minimum Gasteiger partial charge on any atom is -0.399 e. The van der Waals surface area contributed by atoms with Crippen molar-refractivity contribution in [1.29, 1.82) is 0 Å². The van der Waals surface area contributed by atoms with Crippen LogP contribution in [0.15, 0.2) is 54.6 Å². The van der Waals surface area contributed by atoms with Crippen LogP contribution in [0.25, 0.3) is 0 Å². The van der Waals surface area contributed by atoms with Gasteiger partial charge in [-0.05, 0) is 42.8 Å². The lowest BCUT2D eigenvalue weighted by molar-refractivity contribution is 0.257. The number of anilines is 3. The van der Waals surface area contributed by atoms with Gasteiger partial charge in [-0.1, -0.05) is 31.5 Å². The summed E-state index contributed by atoms with van der Waals surface area (Å²) in [6, 6.07) is 16.7. The van der Waals surface area contributed by atoms with Gasteiger partial charge in [0.25, 0.3) is 0 Å². The number of urea groups is 1. The minimum absolute atomic E-state index is 0.126. The Balaban J connectivity index is 2.12. The summed E-state index contributed by atoms with van der Waals surface area (Å²) < 4.78 is 0. The van der Waals surface area contributed by atoms with Crippen LogP contribution in [0.4, 0.5) is 21.9 Å². The first-order valence-electron chi connectivity index (χ1n) is 7.20. The number of carbonyl (C=O) groups excluding carboxylic acids is 1. The van der Waals surface area contributed by atoms with E-state index < -0.39 is 0 Å². The fourth-order valence-electron chi connectivity index (χ4n) is 2.03. The largest absolute Gasteiger partial charge is 0.399 e. The van der Waals surface area contributed by atoms with Crippen molar-refractivity contribution in [1.82, 2.24) is 0 Å². The van der Waals surface area contributed by atoms with E-state index in [-0.39, 0.29) is 6.03 Å². The number of nitrogen functional groups attached to an aromatic ring is 1. The van der Waals surface area contributed by atoms with Crippen molar-refractivity contribution in [2.24, 2.45) is 0 Å². The van der Waals surface area contributed by atoms with E-state index >= 15 is 0 Å². The lowest BCUT2D eigenvalue weighted by atomic mass is 10.2. The van der Waals surface area contributed by atoms with Crippen LogP contribution in [-0.2, 0) is 0 Å². The average Bonchev–Trinajstić information content (AvgIpc) is 2.51. The Morgan fingerprint density at radius 2 is 1.76 bits per heavy atom. The predicted octanol–water partition coefficient (Wildman–Crippen LogP) is 4.11. The first kappa shape index (κ1) is 14.9. The van der Waals surface area contributed by atoms with E-state index in [1.807, 2.05) is 30.3 Å². The van der Waals surface area contributed by atoms with E-state index in [1.54, 1.807) is 29.2 Å². The number of carbonyl (C=O) groups is 1. The van der Waals surface area contributed by atoms with Crippen LogP contribution in [0.5, 0.6) is 0 Å². The molecule has 0 aromatic heterocycles. The molecule has 2 rings (SSSR count). The number of nitrogens with one attached hydrogen (secondary N) is 1. The Hall–Kier alpha value is -2.49. The number of nitrogens with zero attached hydrogens (tertiary/aromatic N) is 1. The summed E-state index contributed by atoms with van der Waals surface area (Å²) in [6.07, 6.45) is 2.00. The molecule has 0 bridgehead atoms. The number of unbranched alkanes of at least 4 members (excludes halogenated alkanes) is 1. The zero-order chi connectivity index (χ0) is 15.1. The molecule has 3 N–H and O–H groups in total. The summed E-state index contributed by atoms with van der Waals surface area (Å²) in [5.74, 6) is 0. The molecule has 0 radical (unpaired) electrons. The number of amides is 2. The van der Waals surface area contributed by atoms with Crippen LogP contribution in [0.1, 0.15) is 19.8 Å². The molecular weight excluding hydrogens is 262 g/mol. The van der Waals surface area contributed by atoms with Crippen molar-refractivity contribution >= 4 is 23.1 Å². The van der Waals surface area contributed by atoms with Gasteiger partial charge in [-0.2, -0.15) is 0 Å². The van der Waals surface area contributed by atoms with Gasteiger partial charge in [0, 0.05) is 23.6 Å². The summed E-state index contributed by atoms with van der Waals surface area (Å²) in [5.41, 5.74) is 7.97. The maximum Gasteiger partial charge on any atom is 0.326 e. The smallest absolute Gasteiger partial charge is 0.326 e. The van der Waals surface area contributed by atoms with E-state index in [2.05, 4.69) is 12.2 Å². The third-order valence-electron chi connectivity index (χ3n) is 3.21. The Bertz CT molecular complexity index is 566. The molecule has 0 aliphatic heterocycles. The van der Waals surface area contributed by atoms with E-state index in [9.17, 15) is 4.79 Å². The van der Waals surface area contributed by atoms with Gasteiger partial charge in [0.15, 0.2) is 0 Å². The number of rotatable bonds is 5. The number of hydrogen-bond donors (Lipinski definition) is 2. The van der Waals surface area contributed by atoms with E-state index in [0.29, 0.717) is 12.2 Å². The second-order valence-electron chi connectivity index (χ2n) is 4.89. The lowest BCUT2D eigenvalue weighted by Crippen LogP contribution is -2.35. The molecule has 0 aliphatic rings. The molecule has 0 unspecified atom stereocenters. The molecule has 0 atom stereocenters. The van der Waals surface area contributed by atoms with E-state index in [1.165, 1.54) is 0 Å². The minimum atomic E-state index is -0.126. The van der Waals surface area contributed by atoms with Crippen LogP contribution >= 0.6 is 0 Å². The highest BCUT2D eigenvalue weighted by atomic mass is 16.2. The van der Waals surface area contributed by atoms with Crippen LogP contribution in [0, 0.1) is 0 Å². The molecule has 2 aromatic rings. The molecule has 4 nitrogen and oxygen atoms in total. The molecule has 0 saturated carbocycles. The zero-order valence-corrected chi connectivity index (χ0v) is 12.3. The maximum atomic E-state index is 12.5. The van der Waals surface area contributed by atoms with Crippen molar-refractivity contribution in [3.05, 3.63) is 54.6 Å². The van der Waals surface area contributed by atoms with Crippen molar-refractivity contribution in [2.45, 2.75) is 19.8 Å². The second kappa shape index (κ2) is 7.33. The zero-order valence-electron chi connectivity index (χ0n) is 12.3. The summed E-state index contributed by atoms with van der Waals surface area (Å²) in [5, 5.41) is 2.91. The standard InChI is InChI=1S/C17H21N3O/c1-2-3-13-20(16-7-5-4-6-8-16)17(21)19-15-11-9-14(18)10-12-15/h4-12H,2-3,13,18H2,1H3,(H,19,21). The molecule has 0 fully saturated rings. The van der Waals surface area contributed by atoms with Crippen LogP contribution < -0.4 is 16.0 Å². The third kappa shape index (κ3) is 4.24. The van der Waals surface area contributed by atoms with Gasteiger partial charge >= 0.3 is 6.03 Å². The molecule has 4 heteroatoms. The first-order valence-corrected chi connectivity index (χ1v) is 7.20.